The topological polar surface area (TPSA) is 49.4 Å². The zero-order valence-corrected chi connectivity index (χ0v) is 13.4. The SMILES string of the molecule is CCN(CC)CCSc1ccc(NS(C)(=O)=O)cc1. The summed E-state index contributed by atoms with van der Waals surface area (Å²) in [6.07, 6.45) is 1.15. The molecule has 0 aliphatic carbocycles. The van der Waals surface area contributed by atoms with Gasteiger partial charge in [0.25, 0.3) is 0 Å². The first-order valence-corrected chi connectivity index (χ1v) is 9.25. The molecule has 0 radical (unpaired) electrons. The molecule has 0 spiro atoms. The summed E-state index contributed by atoms with van der Waals surface area (Å²) in [5, 5.41) is 0. The van der Waals surface area contributed by atoms with Gasteiger partial charge in [0.2, 0.25) is 10.0 Å². The average molecular weight is 302 g/mol. The predicted molar refractivity (Wildman–Crippen MR) is 83.4 cm³/mol. The smallest absolute Gasteiger partial charge is 0.229 e. The number of hydrogen-bond donors (Lipinski definition) is 1. The molecule has 0 atom stereocenters. The molecule has 0 amide bonds. The van der Waals surface area contributed by atoms with E-state index >= 15 is 0 Å². The number of thioether (sulfide) groups is 1. The summed E-state index contributed by atoms with van der Waals surface area (Å²) in [6.45, 7) is 7.56. The highest BCUT2D eigenvalue weighted by atomic mass is 32.2. The van der Waals surface area contributed by atoms with Crippen LogP contribution in [0.25, 0.3) is 0 Å². The van der Waals surface area contributed by atoms with Crippen LogP contribution in [0.15, 0.2) is 29.2 Å². The molecule has 1 rings (SSSR count). The van der Waals surface area contributed by atoms with Crippen molar-refractivity contribution in [2.75, 3.05) is 36.4 Å². The number of rotatable bonds is 8. The van der Waals surface area contributed by atoms with Gasteiger partial charge in [-0.25, -0.2) is 8.42 Å². The summed E-state index contributed by atoms with van der Waals surface area (Å²) < 4.78 is 24.6. The van der Waals surface area contributed by atoms with Crippen molar-refractivity contribution < 1.29 is 8.42 Å². The Morgan fingerprint density at radius 2 is 1.74 bits per heavy atom. The van der Waals surface area contributed by atoms with Crippen molar-refractivity contribution in [2.24, 2.45) is 0 Å². The maximum absolute atomic E-state index is 11.1. The van der Waals surface area contributed by atoms with E-state index in [4.69, 9.17) is 0 Å². The zero-order chi connectivity index (χ0) is 14.3. The van der Waals surface area contributed by atoms with E-state index in [1.807, 2.05) is 12.1 Å². The highest BCUT2D eigenvalue weighted by Gasteiger charge is 2.02. The minimum atomic E-state index is -3.19. The van der Waals surface area contributed by atoms with Crippen LogP contribution in [0.5, 0.6) is 0 Å². The van der Waals surface area contributed by atoms with E-state index in [1.54, 1.807) is 23.9 Å². The van der Waals surface area contributed by atoms with E-state index in [2.05, 4.69) is 23.5 Å². The fourth-order valence-corrected chi connectivity index (χ4v) is 3.14. The van der Waals surface area contributed by atoms with Gasteiger partial charge in [-0.1, -0.05) is 13.8 Å². The predicted octanol–water partition coefficient (Wildman–Crippen LogP) is 2.49. The quantitative estimate of drug-likeness (QED) is 0.750. The molecule has 0 saturated carbocycles. The second-order valence-corrected chi connectivity index (χ2v) is 7.19. The first-order chi connectivity index (χ1) is 8.94. The molecular formula is C13H22N2O2S2. The van der Waals surface area contributed by atoms with Crippen LogP contribution in [0, 0.1) is 0 Å². The molecule has 108 valence electrons. The lowest BCUT2D eigenvalue weighted by Gasteiger charge is -2.17. The Morgan fingerprint density at radius 1 is 1.16 bits per heavy atom. The molecular weight excluding hydrogens is 280 g/mol. The lowest BCUT2D eigenvalue weighted by atomic mass is 10.3. The summed E-state index contributed by atoms with van der Waals surface area (Å²) in [6, 6.07) is 7.47. The van der Waals surface area contributed by atoms with Crippen molar-refractivity contribution in [3.05, 3.63) is 24.3 Å². The summed E-state index contributed by atoms with van der Waals surface area (Å²) in [5.74, 6) is 1.04. The summed E-state index contributed by atoms with van der Waals surface area (Å²) in [7, 11) is -3.19. The molecule has 0 saturated heterocycles. The van der Waals surface area contributed by atoms with E-state index in [0.717, 1.165) is 36.5 Å². The molecule has 1 N–H and O–H groups in total. The molecule has 6 heteroatoms. The lowest BCUT2D eigenvalue weighted by Crippen LogP contribution is -2.25. The molecule has 1 aromatic carbocycles. The molecule has 0 aliphatic rings. The van der Waals surface area contributed by atoms with Crippen LogP contribution < -0.4 is 4.72 Å². The third-order valence-corrected chi connectivity index (χ3v) is 4.33. The van der Waals surface area contributed by atoms with Gasteiger partial charge in [-0.15, -0.1) is 11.8 Å². The van der Waals surface area contributed by atoms with Crippen LogP contribution in [-0.2, 0) is 10.0 Å². The van der Waals surface area contributed by atoms with Crippen molar-refractivity contribution in [3.63, 3.8) is 0 Å². The number of hydrogen-bond acceptors (Lipinski definition) is 4. The van der Waals surface area contributed by atoms with Crippen LogP contribution in [-0.4, -0.2) is 45.0 Å². The van der Waals surface area contributed by atoms with Gasteiger partial charge in [0.1, 0.15) is 0 Å². The van der Waals surface area contributed by atoms with Gasteiger partial charge in [-0.2, -0.15) is 0 Å². The highest BCUT2D eigenvalue weighted by molar-refractivity contribution is 7.99. The van der Waals surface area contributed by atoms with Crippen molar-refractivity contribution >= 4 is 27.5 Å². The van der Waals surface area contributed by atoms with Crippen LogP contribution in [0.2, 0.25) is 0 Å². The Balaban J connectivity index is 2.44. The largest absolute Gasteiger partial charge is 0.303 e. The molecule has 19 heavy (non-hydrogen) atoms. The molecule has 0 fully saturated rings. The Kier molecular flexibility index (Phi) is 6.68. The maximum atomic E-state index is 11.1. The van der Waals surface area contributed by atoms with Crippen molar-refractivity contribution in [1.82, 2.24) is 4.90 Å². The Bertz CT molecular complexity index is 468. The zero-order valence-electron chi connectivity index (χ0n) is 11.7. The molecule has 0 unspecified atom stereocenters. The Hall–Kier alpha value is -0.720. The summed E-state index contributed by atoms with van der Waals surface area (Å²) in [4.78, 5) is 3.54. The van der Waals surface area contributed by atoms with E-state index < -0.39 is 10.0 Å². The highest BCUT2D eigenvalue weighted by Crippen LogP contribution is 2.20. The van der Waals surface area contributed by atoms with Crippen molar-refractivity contribution in [1.29, 1.82) is 0 Å². The normalized spacial score (nSPS) is 11.8. The van der Waals surface area contributed by atoms with Crippen molar-refractivity contribution in [2.45, 2.75) is 18.7 Å². The van der Waals surface area contributed by atoms with Crippen LogP contribution in [0.4, 0.5) is 5.69 Å². The van der Waals surface area contributed by atoms with E-state index in [0.29, 0.717) is 5.69 Å². The lowest BCUT2D eigenvalue weighted by molar-refractivity contribution is 0.324. The molecule has 0 aromatic heterocycles. The van der Waals surface area contributed by atoms with Crippen LogP contribution in [0.3, 0.4) is 0 Å². The van der Waals surface area contributed by atoms with E-state index in [-0.39, 0.29) is 0 Å². The fraction of sp³-hybridized carbons (Fsp3) is 0.538. The maximum Gasteiger partial charge on any atom is 0.229 e. The first kappa shape index (κ1) is 16.3. The van der Waals surface area contributed by atoms with Crippen LogP contribution in [0.1, 0.15) is 13.8 Å². The second kappa shape index (κ2) is 7.77. The van der Waals surface area contributed by atoms with Gasteiger partial charge in [-0.05, 0) is 37.4 Å². The standard InChI is InChI=1S/C13H22N2O2S2/c1-4-15(5-2)10-11-18-13-8-6-12(7-9-13)14-19(3,16)17/h6-9,14H,4-5,10-11H2,1-3H3. The van der Waals surface area contributed by atoms with Gasteiger partial charge in [0.05, 0.1) is 6.26 Å². The van der Waals surface area contributed by atoms with Gasteiger partial charge < -0.3 is 4.90 Å². The monoisotopic (exact) mass is 302 g/mol. The number of anilines is 1. The second-order valence-electron chi connectivity index (χ2n) is 4.27. The fourth-order valence-electron chi connectivity index (χ4n) is 1.67. The van der Waals surface area contributed by atoms with Gasteiger partial charge in [-0.3, -0.25) is 4.72 Å². The number of nitrogens with one attached hydrogen (secondary N) is 1. The molecule has 0 bridgehead atoms. The molecule has 0 aliphatic heterocycles. The van der Waals surface area contributed by atoms with Gasteiger partial charge in [0, 0.05) is 22.9 Å². The number of sulfonamides is 1. The number of benzene rings is 1. The van der Waals surface area contributed by atoms with Crippen molar-refractivity contribution in [3.8, 4) is 0 Å². The Morgan fingerprint density at radius 3 is 2.21 bits per heavy atom. The average Bonchev–Trinajstić information content (AvgIpc) is 2.35. The Labute approximate surface area is 120 Å². The third kappa shape index (κ3) is 6.84. The minimum absolute atomic E-state index is 0.607. The minimum Gasteiger partial charge on any atom is -0.303 e. The summed E-state index contributed by atoms with van der Waals surface area (Å²) in [5.41, 5.74) is 0.607. The van der Waals surface area contributed by atoms with Crippen LogP contribution >= 0.6 is 11.8 Å². The van der Waals surface area contributed by atoms with Gasteiger partial charge in [0.15, 0.2) is 0 Å². The molecule has 1 aromatic rings. The van der Waals surface area contributed by atoms with E-state index in [1.165, 1.54) is 0 Å². The van der Waals surface area contributed by atoms with E-state index in [9.17, 15) is 8.42 Å². The summed E-state index contributed by atoms with van der Waals surface area (Å²) >= 11 is 1.79. The van der Waals surface area contributed by atoms with Gasteiger partial charge >= 0.3 is 0 Å². The number of nitrogens with zero attached hydrogens (tertiary/aromatic N) is 1. The first-order valence-electron chi connectivity index (χ1n) is 6.37. The molecule has 0 heterocycles. The third-order valence-electron chi connectivity index (χ3n) is 2.73. The molecule has 4 nitrogen and oxygen atoms in total.